The highest BCUT2D eigenvalue weighted by atomic mass is 79.9. The maximum atomic E-state index is 13.6. The van der Waals surface area contributed by atoms with Crippen molar-refractivity contribution in [2.75, 3.05) is 6.54 Å². The lowest BCUT2D eigenvalue weighted by atomic mass is 10.1. The van der Waals surface area contributed by atoms with E-state index in [-0.39, 0.29) is 36.9 Å². The second-order valence-electron chi connectivity index (χ2n) is 8.57. The normalized spacial score (nSPS) is 12.8. The van der Waals surface area contributed by atoms with Crippen LogP contribution >= 0.6 is 39.1 Å². The molecule has 0 unspecified atom stereocenters. The van der Waals surface area contributed by atoms with Crippen LogP contribution in [0.5, 0.6) is 0 Å². The number of hydrogen-bond donors (Lipinski definition) is 1. The van der Waals surface area contributed by atoms with Crippen LogP contribution in [0.4, 0.5) is 0 Å². The highest BCUT2D eigenvalue weighted by Crippen LogP contribution is 2.26. The molecule has 0 fully saturated rings. The summed E-state index contributed by atoms with van der Waals surface area (Å²) in [5, 5.41) is 3.78. The maximum Gasteiger partial charge on any atom is 0.333 e. The summed E-state index contributed by atoms with van der Waals surface area (Å²) in [5.74, 6) is -0.657. The van der Waals surface area contributed by atoms with Gasteiger partial charge in [0, 0.05) is 34.7 Å². The summed E-state index contributed by atoms with van der Waals surface area (Å²) in [7, 11) is 0. The number of aromatic nitrogens is 2. The fourth-order valence-corrected chi connectivity index (χ4v) is 5.01. The Kier molecular flexibility index (Phi) is 7.24. The molecule has 1 N–H and O–H groups in total. The van der Waals surface area contributed by atoms with Crippen LogP contribution in [0.1, 0.15) is 32.1 Å². The number of benzene rings is 3. The molecule has 0 aliphatic carbocycles. The van der Waals surface area contributed by atoms with Crippen LogP contribution in [0.3, 0.4) is 0 Å². The Morgan fingerprint density at radius 2 is 1.73 bits per heavy atom. The van der Waals surface area contributed by atoms with Crippen LogP contribution in [0, 0.1) is 0 Å². The van der Waals surface area contributed by atoms with Crippen molar-refractivity contribution >= 4 is 50.9 Å². The Labute approximate surface area is 231 Å². The Morgan fingerprint density at radius 3 is 2.46 bits per heavy atom. The first kappa shape index (κ1) is 25.3. The van der Waals surface area contributed by atoms with Crippen molar-refractivity contribution in [3.63, 3.8) is 0 Å². The molecule has 10 heteroatoms. The fraction of sp³-hybridized carbons (Fsp3) is 0.148. The second-order valence-corrected chi connectivity index (χ2v) is 10.3. The number of halogens is 3. The van der Waals surface area contributed by atoms with Crippen molar-refractivity contribution in [3.05, 3.63) is 120 Å². The molecule has 37 heavy (non-hydrogen) atoms. The molecular formula is C27H21BrCl2N4O3. The molecule has 2 amide bonds. The first-order valence-corrected chi connectivity index (χ1v) is 13.0. The van der Waals surface area contributed by atoms with E-state index in [0.717, 1.165) is 5.56 Å². The zero-order valence-electron chi connectivity index (χ0n) is 19.5. The van der Waals surface area contributed by atoms with Gasteiger partial charge in [-0.3, -0.25) is 18.7 Å². The van der Waals surface area contributed by atoms with Crippen molar-refractivity contribution in [2.24, 2.45) is 0 Å². The van der Waals surface area contributed by atoms with Crippen molar-refractivity contribution in [2.45, 2.75) is 19.6 Å². The molecule has 7 nitrogen and oxygen atoms in total. The van der Waals surface area contributed by atoms with Crippen LogP contribution < -0.4 is 11.0 Å². The summed E-state index contributed by atoms with van der Waals surface area (Å²) < 4.78 is 3.61. The largest absolute Gasteiger partial charge is 0.347 e. The lowest BCUT2D eigenvalue weighted by Gasteiger charge is -2.28. The van der Waals surface area contributed by atoms with Gasteiger partial charge in [-0.05, 0) is 57.9 Å². The molecular weight excluding hydrogens is 579 g/mol. The average molecular weight is 600 g/mol. The molecule has 0 radical (unpaired) electrons. The van der Waals surface area contributed by atoms with Crippen molar-refractivity contribution in [1.82, 2.24) is 19.4 Å². The topological polar surface area (TPSA) is 76.3 Å². The van der Waals surface area contributed by atoms with Gasteiger partial charge in [-0.25, -0.2) is 4.79 Å². The highest BCUT2D eigenvalue weighted by molar-refractivity contribution is 9.10. The molecule has 1 aromatic heterocycles. The third-order valence-electron chi connectivity index (χ3n) is 6.21. The van der Waals surface area contributed by atoms with Crippen LogP contribution in [0.15, 0.2) is 82.1 Å². The minimum Gasteiger partial charge on any atom is -0.347 e. The lowest BCUT2D eigenvalue weighted by molar-refractivity contribution is 0.0706. The third-order valence-corrected chi connectivity index (χ3v) is 7.68. The van der Waals surface area contributed by atoms with E-state index in [4.69, 9.17) is 23.2 Å². The molecule has 0 atom stereocenters. The van der Waals surface area contributed by atoms with Gasteiger partial charge < -0.3 is 10.2 Å². The predicted molar refractivity (Wildman–Crippen MR) is 147 cm³/mol. The SMILES string of the molecule is O=C(NCc1ccccc1)c1c2n(c(=O)n1-c1cccc(Cl)c1)CCN(C(=O)c1ccc(Br)c(Cl)c1)C2. The number of imidazole rings is 1. The highest BCUT2D eigenvalue weighted by Gasteiger charge is 2.32. The Bertz CT molecular complexity index is 1570. The molecule has 5 rings (SSSR count). The number of rotatable bonds is 5. The van der Waals surface area contributed by atoms with E-state index in [1.807, 2.05) is 30.3 Å². The van der Waals surface area contributed by atoms with Gasteiger partial charge in [-0.2, -0.15) is 0 Å². The van der Waals surface area contributed by atoms with E-state index < -0.39 is 5.91 Å². The van der Waals surface area contributed by atoms with E-state index in [2.05, 4.69) is 21.2 Å². The average Bonchev–Trinajstić information content (AvgIpc) is 3.20. The third kappa shape index (κ3) is 5.09. The first-order chi connectivity index (χ1) is 17.8. The molecule has 1 aliphatic heterocycles. The molecule has 1 aliphatic rings. The monoisotopic (exact) mass is 598 g/mol. The number of fused-ring (bicyclic) bond motifs is 1. The van der Waals surface area contributed by atoms with E-state index in [1.165, 1.54) is 4.57 Å². The van der Waals surface area contributed by atoms with Crippen LogP contribution in [0.2, 0.25) is 10.0 Å². The fourth-order valence-electron chi connectivity index (χ4n) is 4.39. The summed E-state index contributed by atoms with van der Waals surface area (Å²) in [4.78, 5) is 42.0. The van der Waals surface area contributed by atoms with Gasteiger partial charge in [0.05, 0.1) is 22.9 Å². The van der Waals surface area contributed by atoms with Gasteiger partial charge in [0.15, 0.2) is 0 Å². The standard InChI is InChI=1S/C27H21BrCl2N4O3/c28-21-10-9-18(13-22(21)30)26(36)32-11-12-33-23(16-32)24(25(35)31-15-17-5-2-1-3-6-17)34(27(33)37)20-8-4-7-19(29)14-20/h1-10,13-14H,11-12,15-16H2,(H,31,35). The molecule has 4 aromatic rings. The van der Waals surface area contributed by atoms with Crippen LogP contribution in [-0.2, 0) is 19.6 Å². The zero-order valence-corrected chi connectivity index (χ0v) is 22.6. The summed E-state index contributed by atoms with van der Waals surface area (Å²) in [6.07, 6.45) is 0. The molecule has 0 bridgehead atoms. The van der Waals surface area contributed by atoms with Gasteiger partial charge in [0.1, 0.15) is 5.69 Å². The molecule has 0 saturated carbocycles. The molecule has 0 spiro atoms. The minimum atomic E-state index is -0.421. The minimum absolute atomic E-state index is 0.0867. The molecule has 0 saturated heterocycles. The van der Waals surface area contributed by atoms with Gasteiger partial charge in [0.2, 0.25) is 0 Å². The molecule has 188 valence electrons. The Morgan fingerprint density at radius 1 is 0.946 bits per heavy atom. The Balaban J connectivity index is 1.54. The molecule has 2 heterocycles. The number of carbonyl (C=O) groups excluding carboxylic acids is 2. The van der Waals surface area contributed by atoms with Gasteiger partial charge in [-0.1, -0.05) is 59.6 Å². The summed E-state index contributed by atoms with van der Waals surface area (Å²) in [6.45, 7) is 0.929. The van der Waals surface area contributed by atoms with Gasteiger partial charge >= 0.3 is 5.69 Å². The van der Waals surface area contributed by atoms with Gasteiger partial charge in [0.25, 0.3) is 11.8 Å². The van der Waals surface area contributed by atoms with Gasteiger partial charge in [-0.15, -0.1) is 0 Å². The van der Waals surface area contributed by atoms with Crippen LogP contribution in [-0.4, -0.2) is 32.4 Å². The van der Waals surface area contributed by atoms with E-state index in [1.54, 1.807) is 51.9 Å². The number of carbonyl (C=O) groups is 2. The van der Waals surface area contributed by atoms with Crippen LogP contribution in [0.25, 0.3) is 5.69 Å². The lowest BCUT2D eigenvalue weighted by Crippen LogP contribution is -2.41. The smallest absolute Gasteiger partial charge is 0.333 e. The zero-order chi connectivity index (χ0) is 26.1. The van der Waals surface area contributed by atoms with E-state index in [0.29, 0.717) is 38.0 Å². The van der Waals surface area contributed by atoms with E-state index >= 15 is 0 Å². The van der Waals surface area contributed by atoms with Crippen molar-refractivity contribution in [1.29, 1.82) is 0 Å². The first-order valence-electron chi connectivity index (χ1n) is 11.5. The maximum absolute atomic E-state index is 13.6. The predicted octanol–water partition coefficient (Wildman–Crippen LogP) is 5.29. The van der Waals surface area contributed by atoms with Crippen molar-refractivity contribution < 1.29 is 9.59 Å². The van der Waals surface area contributed by atoms with E-state index in [9.17, 15) is 14.4 Å². The summed E-state index contributed by atoms with van der Waals surface area (Å²) in [6, 6.07) is 21.3. The van der Waals surface area contributed by atoms with Crippen molar-refractivity contribution in [3.8, 4) is 5.69 Å². The quantitative estimate of drug-likeness (QED) is 0.338. The summed E-state index contributed by atoms with van der Waals surface area (Å²) >= 11 is 15.8. The molecule has 3 aromatic carbocycles. The number of nitrogens with one attached hydrogen (secondary N) is 1. The second kappa shape index (κ2) is 10.6. The Hall–Kier alpha value is -3.33. The number of hydrogen-bond acceptors (Lipinski definition) is 3. The number of amides is 2. The number of nitrogens with zero attached hydrogens (tertiary/aromatic N) is 3. The summed E-state index contributed by atoms with van der Waals surface area (Å²) in [5.41, 5.74) is 2.09.